The number of fused-ring (bicyclic) bond motifs is 1. The Morgan fingerprint density at radius 1 is 1.50 bits per heavy atom. The van der Waals surface area contributed by atoms with Crippen LogP contribution in [0, 0.1) is 11.3 Å². The molecule has 0 saturated carbocycles. The van der Waals surface area contributed by atoms with Crippen LogP contribution in [-0.2, 0) is 6.18 Å². The van der Waals surface area contributed by atoms with E-state index >= 15 is 0 Å². The Morgan fingerprint density at radius 3 is 2.78 bits per heavy atom. The summed E-state index contributed by atoms with van der Waals surface area (Å²) < 4.78 is 44.0. The average Bonchev–Trinajstić information content (AvgIpc) is 2.70. The molecule has 2 aromatic rings. The van der Waals surface area contributed by atoms with E-state index in [1.165, 1.54) is 0 Å². The Morgan fingerprint density at radius 2 is 2.22 bits per heavy atom. The van der Waals surface area contributed by atoms with E-state index in [-0.39, 0.29) is 23.7 Å². The maximum atomic E-state index is 12.8. The number of halogens is 3. The highest BCUT2D eigenvalue weighted by molar-refractivity contribution is 5.55. The van der Waals surface area contributed by atoms with Crippen LogP contribution in [0.4, 0.5) is 13.2 Å². The quantitative estimate of drug-likeness (QED) is 0.824. The van der Waals surface area contributed by atoms with E-state index in [0.717, 1.165) is 12.3 Å². The summed E-state index contributed by atoms with van der Waals surface area (Å²) in [4.78, 5) is 3.83. The summed E-state index contributed by atoms with van der Waals surface area (Å²) in [5.41, 5.74) is -1.24. The number of nitriles is 1. The van der Waals surface area contributed by atoms with Crippen LogP contribution in [0.1, 0.15) is 18.2 Å². The number of hydrogen-bond acceptors (Lipinski definition) is 4. The molecule has 2 heterocycles. The van der Waals surface area contributed by atoms with Crippen molar-refractivity contribution < 1.29 is 17.9 Å². The molecular weight excluding hydrogens is 249 g/mol. The molecule has 0 aliphatic carbocycles. The lowest BCUT2D eigenvalue weighted by Gasteiger charge is -2.10. The third-order valence-corrected chi connectivity index (χ3v) is 2.15. The molecular formula is C10H7F3N4O. The molecule has 2 aromatic heterocycles. The van der Waals surface area contributed by atoms with Crippen molar-refractivity contribution in [3.63, 3.8) is 0 Å². The molecule has 0 N–H and O–H groups in total. The van der Waals surface area contributed by atoms with Gasteiger partial charge in [0, 0.05) is 6.07 Å². The van der Waals surface area contributed by atoms with Crippen LogP contribution in [0.15, 0.2) is 12.3 Å². The molecule has 0 saturated heterocycles. The van der Waals surface area contributed by atoms with Crippen molar-refractivity contribution in [2.45, 2.75) is 13.1 Å². The van der Waals surface area contributed by atoms with Crippen LogP contribution in [0.2, 0.25) is 0 Å². The third-order valence-electron chi connectivity index (χ3n) is 2.15. The smallest absolute Gasteiger partial charge is 0.433 e. The monoisotopic (exact) mass is 256 g/mol. The van der Waals surface area contributed by atoms with Crippen molar-refractivity contribution >= 4 is 5.65 Å². The molecule has 0 aromatic carbocycles. The third kappa shape index (κ3) is 1.95. The van der Waals surface area contributed by atoms with Crippen LogP contribution in [0.5, 0.6) is 5.88 Å². The second-order valence-corrected chi connectivity index (χ2v) is 3.32. The van der Waals surface area contributed by atoms with Crippen molar-refractivity contribution in [3.8, 4) is 11.9 Å². The van der Waals surface area contributed by atoms with Gasteiger partial charge in [0.1, 0.15) is 11.6 Å². The van der Waals surface area contributed by atoms with Crippen molar-refractivity contribution in [3.05, 3.63) is 23.5 Å². The minimum atomic E-state index is -4.61. The highest BCUT2D eigenvalue weighted by atomic mass is 19.4. The first-order valence-corrected chi connectivity index (χ1v) is 4.96. The second-order valence-electron chi connectivity index (χ2n) is 3.32. The fourth-order valence-electron chi connectivity index (χ4n) is 1.44. The van der Waals surface area contributed by atoms with Crippen molar-refractivity contribution in [2.75, 3.05) is 6.61 Å². The summed E-state index contributed by atoms with van der Waals surface area (Å²) in [5.74, 6) is -0.186. The molecule has 0 bridgehead atoms. The van der Waals surface area contributed by atoms with Crippen molar-refractivity contribution in [2.24, 2.45) is 0 Å². The van der Waals surface area contributed by atoms with Gasteiger partial charge in [-0.3, -0.25) is 0 Å². The van der Waals surface area contributed by atoms with Crippen molar-refractivity contribution in [1.82, 2.24) is 14.6 Å². The molecule has 2 rings (SSSR count). The summed E-state index contributed by atoms with van der Waals surface area (Å²) >= 11 is 0. The van der Waals surface area contributed by atoms with E-state index < -0.39 is 11.9 Å². The minimum Gasteiger partial charge on any atom is -0.478 e. The fraction of sp³-hybridized carbons (Fsp3) is 0.300. The molecule has 18 heavy (non-hydrogen) atoms. The van der Waals surface area contributed by atoms with Gasteiger partial charge in [-0.2, -0.15) is 28.5 Å². The first-order valence-electron chi connectivity index (χ1n) is 4.96. The highest BCUT2D eigenvalue weighted by Gasteiger charge is 2.35. The summed E-state index contributed by atoms with van der Waals surface area (Å²) in [6.07, 6.45) is -3.57. The number of alkyl halides is 3. The number of rotatable bonds is 2. The number of aromatic nitrogens is 3. The lowest BCUT2D eigenvalue weighted by Crippen LogP contribution is -2.14. The summed E-state index contributed by atoms with van der Waals surface area (Å²) in [6, 6.07) is 2.48. The van der Waals surface area contributed by atoms with Crippen LogP contribution in [-0.4, -0.2) is 21.2 Å². The number of nitrogens with zero attached hydrogens (tertiary/aromatic N) is 4. The van der Waals surface area contributed by atoms with Crippen LogP contribution >= 0.6 is 0 Å². The molecule has 8 heteroatoms. The Balaban J connectivity index is 2.76. The topological polar surface area (TPSA) is 63.2 Å². The zero-order valence-corrected chi connectivity index (χ0v) is 9.19. The first kappa shape index (κ1) is 12.2. The van der Waals surface area contributed by atoms with Crippen LogP contribution < -0.4 is 4.74 Å². The molecule has 0 spiro atoms. The van der Waals surface area contributed by atoms with Gasteiger partial charge in [-0.1, -0.05) is 0 Å². The Bertz CT molecular complexity index is 626. The van der Waals surface area contributed by atoms with E-state index in [4.69, 9.17) is 10.00 Å². The van der Waals surface area contributed by atoms with Gasteiger partial charge in [-0.25, -0.2) is 4.52 Å². The Labute approximate surface area is 99.4 Å². The van der Waals surface area contributed by atoms with Gasteiger partial charge in [0.2, 0.25) is 5.88 Å². The highest BCUT2D eigenvalue weighted by Crippen LogP contribution is 2.31. The molecule has 94 valence electrons. The summed E-state index contributed by atoms with van der Waals surface area (Å²) in [7, 11) is 0. The van der Waals surface area contributed by atoms with Gasteiger partial charge in [0.15, 0.2) is 11.3 Å². The number of hydrogen-bond donors (Lipinski definition) is 0. The normalized spacial score (nSPS) is 11.5. The summed E-state index contributed by atoms with van der Waals surface area (Å²) in [6.45, 7) is 1.80. The first-order chi connectivity index (χ1) is 8.47. The van der Waals surface area contributed by atoms with Gasteiger partial charge in [-0.05, 0) is 6.92 Å². The number of ether oxygens (including phenoxy) is 1. The zero-order chi connectivity index (χ0) is 13.3. The van der Waals surface area contributed by atoms with Gasteiger partial charge in [-0.15, -0.1) is 0 Å². The molecule has 0 unspecified atom stereocenters. The van der Waals surface area contributed by atoms with Gasteiger partial charge < -0.3 is 4.74 Å². The second kappa shape index (κ2) is 4.18. The van der Waals surface area contributed by atoms with Crippen LogP contribution in [0.3, 0.4) is 0 Å². The molecule has 5 nitrogen and oxygen atoms in total. The average molecular weight is 256 g/mol. The van der Waals surface area contributed by atoms with Gasteiger partial charge in [0.05, 0.1) is 12.8 Å². The van der Waals surface area contributed by atoms with Gasteiger partial charge >= 0.3 is 6.18 Å². The zero-order valence-electron chi connectivity index (χ0n) is 9.19. The van der Waals surface area contributed by atoms with E-state index in [9.17, 15) is 13.2 Å². The van der Waals surface area contributed by atoms with E-state index in [1.807, 2.05) is 0 Å². The minimum absolute atomic E-state index is 0.0398. The molecule has 0 radical (unpaired) electrons. The maximum Gasteiger partial charge on any atom is 0.433 e. The lowest BCUT2D eigenvalue weighted by atomic mass is 10.3. The predicted molar refractivity (Wildman–Crippen MR) is 53.9 cm³/mol. The maximum absolute atomic E-state index is 12.8. The largest absolute Gasteiger partial charge is 0.478 e. The lowest BCUT2D eigenvalue weighted by molar-refractivity contribution is -0.142. The van der Waals surface area contributed by atoms with Gasteiger partial charge in [0.25, 0.3) is 0 Å². The van der Waals surface area contributed by atoms with Crippen molar-refractivity contribution in [1.29, 1.82) is 5.26 Å². The fourth-order valence-corrected chi connectivity index (χ4v) is 1.44. The van der Waals surface area contributed by atoms with E-state index in [2.05, 4.69) is 10.1 Å². The van der Waals surface area contributed by atoms with Crippen LogP contribution in [0.25, 0.3) is 5.65 Å². The molecule has 0 aliphatic heterocycles. The Hall–Kier alpha value is -2.30. The standard InChI is InChI=1S/C10H7F3N4O/c1-2-18-8-3-7(10(11,12)13)17-9(16-8)6(4-14)5-15-17/h3,5H,2H2,1H3. The predicted octanol–water partition coefficient (Wildman–Crippen LogP) is 2.02. The van der Waals surface area contributed by atoms with E-state index in [0.29, 0.717) is 4.52 Å². The SMILES string of the molecule is CCOc1cc(C(F)(F)F)n2ncc(C#N)c2n1. The molecule has 0 aliphatic rings. The van der Waals surface area contributed by atoms with E-state index in [1.54, 1.807) is 13.0 Å². The molecule has 0 atom stereocenters. The molecule has 0 amide bonds. The Kier molecular flexibility index (Phi) is 2.82. The summed E-state index contributed by atoms with van der Waals surface area (Å²) in [5, 5.41) is 12.3. The molecule has 0 fully saturated rings.